The fraction of sp³-hybridized carbons (Fsp3) is 0.318. The van der Waals surface area contributed by atoms with Crippen molar-refractivity contribution in [2.75, 3.05) is 12.3 Å². The number of nitrogens with one attached hydrogen (secondary N) is 1. The van der Waals surface area contributed by atoms with Crippen molar-refractivity contribution in [2.24, 2.45) is 0 Å². The van der Waals surface area contributed by atoms with Crippen LogP contribution in [0.15, 0.2) is 64.4 Å². The van der Waals surface area contributed by atoms with Gasteiger partial charge in [0, 0.05) is 24.7 Å². The van der Waals surface area contributed by atoms with Crippen LogP contribution in [0.1, 0.15) is 25.3 Å². The highest BCUT2D eigenvalue weighted by atomic mass is 32.2. The summed E-state index contributed by atoms with van der Waals surface area (Å²) < 4.78 is 29.7. The third kappa shape index (κ3) is 4.18. The van der Waals surface area contributed by atoms with E-state index in [9.17, 15) is 22.8 Å². The molecule has 2 heterocycles. The van der Waals surface area contributed by atoms with Gasteiger partial charge in [-0.3, -0.25) is 19.7 Å². The van der Waals surface area contributed by atoms with Crippen LogP contribution >= 0.6 is 0 Å². The molecule has 1 unspecified atom stereocenters. The summed E-state index contributed by atoms with van der Waals surface area (Å²) in [5.74, 6) is -0.635. The molecule has 4 rings (SSSR count). The topological polar surface area (TPSA) is 110 Å². The molecule has 1 aromatic rings. The van der Waals surface area contributed by atoms with Crippen molar-refractivity contribution in [1.29, 1.82) is 0 Å². The molecule has 0 spiro atoms. The number of ketones is 1. The van der Waals surface area contributed by atoms with Gasteiger partial charge in [0.15, 0.2) is 15.6 Å². The lowest BCUT2D eigenvalue weighted by molar-refractivity contribution is -0.136. The fourth-order valence-electron chi connectivity index (χ4n) is 3.78. The van der Waals surface area contributed by atoms with Crippen molar-refractivity contribution in [3.63, 3.8) is 0 Å². The minimum absolute atomic E-state index is 0.0265. The Hall–Kier alpha value is -3.20. The number of amides is 2. The summed E-state index contributed by atoms with van der Waals surface area (Å²) in [5, 5.41) is 2.35. The first-order valence-corrected chi connectivity index (χ1v) is 11.7. The Kier molecular flexibility index (Phi) is 5.53. The van der Waals surface area contributed by atoms with Crippen molar-refractivity contribution < 1.29 is 27.5 Å². The van der Waals surface area contributed by atoms with E-state index in [1.807, 2.05) is 11.1 Å². The van der Waals surface area contributed by atoms with Gasteiger partial charge >= 0.3 is 0 Å². The summed E-state index contributed by atoms with van der Waals surface area (Å²) >= 11 is 0. The van der Waals surface area contributed by atoms with Crippen molar-refractivity contribution in [3.05, 3.63) is 65.1 Å². The first-order valence-electron chi connectivity index (χ1n) is 10.00. The fourth-order valence-corrected chi connectivity index (χ4v) is 4.67. The van der Waals surface area contributed by atoms with Crippen molar-refractivity contribution >= 4 is 27.4 Å². The summed E-state index contributed by atoms with van der Waals surface area (Å²) in [5.41, 5.74) is 2.22. The number of piperidine rings is 1. The van der Waals surface area contributed by atoms with Crippen molar-refractivity contribution in [1.82, 2.24) is 10.2 Å². The Morgan fingerprint density at radius 3 is 2.55 bits per heavy atom. The van der Waals surface area contributed by atoms with E-state index >= 15 is 0 Å². The monoisotopic (exact) mass is 442 g/mol. The number of carbonyl (C=O) groups excluding carboxylic acids is 3. The van der Waals surface area contributed by atoms with Gasteiger partial charge in [-0.25, -0.2) is 8.42 Å². The summed E-state index contributed by atoms with van der Waals surface area (Å²) in [6.45, 7) is 2.03. The zero-order chi connectivity index (χ0) is 22.2. The van der Waals surface area contributed by atoms with E-state index in [-0.39, 0.29) is 47.0 Å². The van der Waals surface area contributed by atoms with Gasteiger partial charge in [0.2, 0.25) is 17.6 Å². The Bertz CT molecular complexity index is 1140. The second-order valence-corrected chi connectivity index (χ2v) is 9.84. The lowest BCUT2D eigenvalue weighted by Crippen LogP contribution is -2.50. The second-order valence-electron chi connectivity index (χ2n) is 7.56. The van der Waals surface area contributed by atoms with Crippen LogP contribution in [0.25, 0.3) is 0 Å². The molecule has 9 heteroatoms. The number of nitrogens with zero attached hydrogens (tertiary/aromatic N) is 1. The van der Waals surface area contributed by atoms with Gasteiger partial charge in [-0.1, -0.05) is 19.1 Å². The number of carbonyl (C=O) groups is 3. The van der Waals surface area contributed by atoms with Gasteiger partial charge in [0.1, 0.15) is 12.6 Å². The first-order chi connectivity index (χ1) is 14.8. The number of allylic oxidation sites excluding steroid dienone is 2. The number of sulfone groups is 1. The van der Waals surface area contributed by atoms with Gasteiger partial charge in [-0.2, -0.15) is 0 Å². The third-order valence-corrected chi connectivity index (χ3v) is 7.31. The van der Waals surface area contributed by atoms with E-state index < -0.39 is 15.9 Å². The smallest absolute Gasteiger partial charge is 0.249 e. The van der Waals surface area contributed by atoms with E-state index in [1.54, 1.807) is 25.1 Å². The van der Waals surface area contributed by atoms with Crippen molar-refractivity contribution in [3.8, 4) is 0 Å². The molecule has 1 aromatic carbocycles. The maximum Gasteiger partial charge on any atom is 0.249 e. The molecular weight excluding hydrogens is 420 g/mol. The molecule has 1 saturated heterocycles. The van der Waals surface area contributed by atoms with Gasteiger partial charge in [0.25, 0.3) is 0 Å². The third-order valence-electron chi connectivity index (χ3n) is 5.56. The molecule has 1 atom stereocenters. The van der Waals surface area contributed by atoms with Gasteiger partial charge in [0.05, 0.1) is 10.6 Å². The van der Waals surface area contributed by atoms with E-state index in [1.165, 1.54) is 18.2 Å². The molecule has 8 nitrogen and oxygen atoms in total. The highest BCUT2D eigenvalue weighted by Gasteiger charge is 2.36. The molecule has 0 saturated carbocycles. The average molecular weight is 442 g/mol. The van der Waals surface area contributed by atoms with E-state index in [0.717, 1.165) is 11.1 Å². The van der Waals surface area contributed by atoms with E-state index in [2.05, 4.69) is 5.32 Å². The quantitative estimate of drug-likeness (QED) is 0.663. The van der Waals surface area contributed by atoms with Gasteiger partial charge < -0.3 is 9.64 Å². The minimum atomic E-state index is -3.28. The molecule has 31 heavy (non-hydrogen) atoms. The molecule has 2 amide bonds. The Balaban J connectivity index is 1.49. The molecule has 2 aliphatic heterocycles. The van der Waals surface area contributed by atoms with Crippen LogP contribution in [-0.4, -0.2) is 49.3 Å². The zero-order valence-corrected chi connectivity index (χ0v) is 17.8. The van der Waals surface area contributed by atoms with E-state index in [4.69, 9.17) is 4.74 Å². The number of imide groups is 1. The van der Waals surface area contributed by atoms with Crippen LogP contribution in [0.3, 0.4) is 0 Å². The molecule has 0 aromatic heterocycles. The standard InChI is InChI=1S/C22H22N2O6S/c1-2-31(28,29)16-6-3-14(4-7-16)13-30-21-17-12-24(11-15(17)5-9-19(21)25)18-8-10-20(26)23-22(18)27/h3-7,9,11,18H,2,8,10,12-13H2,1H3,(H,23,26,27). The number of fused-ring (bicyclic) bond motifs is 1. The maximum absolute atomic E-state index is 12.5. The SMILES string of the molecule is CCS(=O)(=O)c1ccc(COC2=C3CN(C4CCC(=O)NC4=O)C=C3C=CC2=O)cc1. The first kappa shape index (κ1) is 21.0. The summed E-state index contributed by atoms with van der Waals surface area (Å²) in [6.07, 6.45) is 5.63. The summed E-state index contributed by atoms with van der Waals surface area (Å²) in [6, 6.07) is 5.92. The molecule has 0 radical (unpaired) electrons. The average Bonchev–Trinajstić information content (AvgIpc) is 3.17. The summed E-state index contributed by atoms with van der Waals surface area (Å²) in [4.78, 5) is 38.1. The number of benzene rings is 1. The summed E-state index contributed by atoms with van der Waals surface area (Å²) in [7, 11) is -3.28. The Morgan fingerprint density at radius 2 is 1.87 bits per heavy atom. The highest BCUT2D eigenvalue weighted by Crippen LogP contribution is 2.32. The van der Waals surface area contributed by atoms with Gasteiger partial charge in [-0.15, -0.1) is 0 Å². The normalized spacial score (nSPS) is 21.2. The van der Waals surface area contributed by atoms with Crippen LogP contribution in [0.4, 0.5) is 0 Å². The van der Waals surface area contributed by atoms with Crippen LogP contribution < -0.4 is 5.32 Å². The van der Waals surface area contributed by atoms with Crippen LogP contribution in [-0.2, 0) is 35.6 Å². The number of rotatable bonds is 6. The lowest BCUT2D eigenvalue weighted by atomic mass is 10.00. The molecule has 1 aliphatic carbocycles. The molecule has 1 fully saturated rings. The predicted molar refractivity (Wildman–Crippen MR) is 111 cm³/mol. The lowest BCUT2D eigenvalue weighted by Gasteiger charge is -2.29. The predicted octanol–water partition coefficient (Wildman–Crippen LogP) is 1.39. The number of hydrogen-bond donors (Lipinski definition) is 1. The zero-order valence-electron chi connectivity index (χ0n) is 17.0. The molecule has 162 valence electrons. The largest absolute Gasteiger partial charge is 0.484 e. The molecule has 1 N–H and O–H groups in total. The minimum Gasteiger partial charge on any atom is -0.484 e. The Morgan fingerprint density at radius 1 is 1.13 bits per heavy atom. The molecule has 3 aliphatic rings. The van der Waals surface area contributed by atoms with Crippen LogP contribution in [0, 0.1) is 0 Å². The molecule has 0 bridgehead atoms. The van der Waals surface area contributed by atoms with Crippen LogP contribution in [0.2, 0.25) is 0 Å². The number of hydrogen-bond acceptors (Lipinski definition) is 7. The second kappa shape index (κ2) is 8.14. The molecular formula is C22H22N2O6S. The van der Waals surface area contributed by atoms with E-state index in [0.29, 0.717) is 18.5 Å². The van der Waals surface area contributed by atoms with Crippen molar-refractivity contribution in [2.45, 2.75) is 37.3 Å². The van der Waals surface area contributed by atoms with Gasteiger partial charge in [-0.05, 0) is 41.8 Å². The van der Waals surface area contributed by atoms with Crippen LogP contribution in [0.5, 0.6) is 0 Å². The maximum atomic E-state index is 12.5. The highest BCUT2D eigenvalue weighted by molar-refractivity contribution is 7.91. The Labute approximate surface area is 180 Å². The number of ether oxygens (including phenoxy) is 1.